The molecule has 1 saturated heterocycles. The van der Waals surface area contributed by atoms with E-state index >= 15 is 0 Å². The summed E-state index contributed by atoms with van der Waals surface area (Å²) < 4.78 is 10.8. The molecule has 0 aliphatic carbocycles. The molecule has 3 rings (SSSR count). The SMILES string of the molecule is COCCCN1C(=O)C(=O)/C(=C(/O)c2ccc(OCC(C)C)cc2)[C@H]1c1ccc(O)cc1. The molecule has 1 aliphatic rings. The fourth-order valence-electron chi connectivity index (χ4n) is 3.62. The highest BCUT2D eigenvalue weighted by Crippen LogP contribution is 2.40. The molecule has 7 heteroatoms. The summed E-state index contributed by atoms with van der Waals surface area (Å²) in [6.07, 6.45) is 0.542. The van der Waals surface area contributed by atoms with Crippen molar-refractivity contribution in [3.05, 3.63) is 65.2 Å². The number of ketones is 1. The summed E-state index contributed by atoms with van der Waals surface area (Å²) in [7, 11) is 1.57. The smallest absolute Gasteiger partial charge is 0.295 e. The third-order valence-electron chi connectivity index (χ3n) is 5.21. The molecular weight excluding hydrogens is 410 g/mol. The number of carbonyl (C=O) groups is 2. The summed E-state index contributed by atoms with van der Waals surface area (Å²) in [5.41, 5.74) is 1.06. The summed E-state index contributed by atoms with van der Waals surface area (Å²) in [6, 6.07) is 12.3. The lowest BCUT2D eigenvalue weighted by Gasteiger charge is -2.25. The number of benzene rings is 2. The standard InChI is InChI=1S/C25H29NO6/c1-16(2)15-32-20-11-7-18(8-12-20)23(28)21-22(17-5-9-19(27)10-6-17)26(13-4-14-31-3)25(30)24(21)29/h5-12,16,22,27-28H,4,13-15H2,1-3H3/b23-21+/t22-/m1/s1. The number of hydrogen-bond acceptors (Lipinski definition) is 6. The zero-order chi connectivity index (χ0) is 23.3. The second-order valence-electron chi connectivity index (χ2n) is 8.16. The first-order valence-corrected chi connectivity index (χ1v) is 10.6. The second kappa shape index (κ2) is 10.3. The van der Waals surface area contributed by atoms with Crippen LogP contribution in [0.15, 0.2) is 54.1 Å². The number of carbonyl (C=O) groups excluding carboxylic acids is 2. The molecule has 0 radical (unpaired) electrons. The number of hydrogen-bond donors (Lipinski definition) is 2. The van der Waals surface area contributed by atoms with E-state index in [2.05, 4.69) is 13.8 Å². The summed E-state index contributed by atoms with van der Waals surface area (Å²) in [6.45, 7) is 5.40. The zero-order valence-electron chi connectivity index (χ0n) is 18.6. The van der Waals surface area contributed by atoms with Crippen LogP contribution in [0.5, 0.6) is 11.5 Å². The molecule has 7 nitrogen and oxygen atoms in total. The van der Waals surface area contributed by atoms with Crippen LogP contribution < -0.4 is 4.74 Å². The number of phenolic OH excluding ortho intramolecular Hbond substituents is 1. The highest BCUT2D eigenvalue weighted by molar-refractivity contribution is 6.46. The fraction of sp³-hybridized carbons (Fsp3) is 0.360. The van der Waals surface area contributed by atoms with Crippen molar-refractivity contribution in [2.24, 2.45) is 5.92 Å². The fourth-order valence-corrected chi connectivity index (χ4v) is 3.62. The number of amides is 1. The number of aliphatic hydroxyl groups excluding tert-OH is 1. The van der Waals surface area contributed by atoms with Gasteiger partial charge in [-0.1, -0.05) is 26.0 Å². The quantitative estimate of drug-likeness (QED) is 0.266. The summed E-state index contributed by atoms with van der Waals surface area (Å²) in [5.74, 6) is -0.545. The Morgan fingerprint density at radius 3 is 2.31 bits per heavy atom. The van der Waals surface area contributed by atoms with Gasteiger partial charge in [0.15, 0.2) is 0 Å². The van der Waals surface area contributed by atoms with Gasteiger partial charge in [-0.25, -0.2) is 0 Å². The van der Waals surface area contributed by atoms with Gasteiger partial charge >= 0.3 is 0 Å². The number of Topliss-reactive ketones (excluding diaryl/α,β-unsaturated/α-hetero) is 1. The van der Waals surface area contributed by atoms with Crippen molar-refractivity contribution in [2.75, 3.05) is 26.9 Å². The van der Waals surface area contributed by atoms with E-state index in [1.54, 1.807) is 43.5 Å². The number of aromatic hydroxyl groups is 1. The number of likely N-dealkylation sites (tertiary alicyclic amines) is 1. The van der Waals surface area contributed by atoms with Crippen molar-refractivity contribution in [3.8, 4) is 11.5 Å². The Hall–Kier alpha value is -3.32. The molecule has 1 aliphatic heterocycles. The lowest BCUT2D eigenvalue weighted by molar-refractivity contribution is -0.140. The monoisotopic (exact) mass is 439 g/mol. The van der Waals surface area contributed by atoms with Gasteiger partial charge in [-0.05, 0) is 54.3 Å². The number of phenols is 1. The molecular formula is C25H29NO6. The molecule has 0 aromatic heterocycles. The predicted molar refractivity (Wildman–Crippen MR) is 120 cm³/mol. The molecule has 1 fully saturated rings. The maximum Gasteiger partial charge on any atom is 0.295 e. The van der Waals surface area contributed by atoms with Gasteiger partial charge in [0.05, 0.1) is 18.2 Å². The van der Waals surface area contributed by atoms with Crippen molar-refractivity contribution in [1.82, 2.24) is 4.90 Å². The van der Waals surface area contributed by atoms with Crippen LogP contribution >= 0.6 is 0 Å². The number of rotatable bonds is 9. The van der Waals surface area contributed by atoms with Gasteiger partial charge < -0.3 is 24.6 Å². The molecule has 170 valence electrons. The molecule has 2 N–H and O–H groups in total. The number of methoxy groups -OCH3 is 1. The molecule has 0 bridgehead atoms. The maximum absolute atomic E-state index is 12.9. The molecule has 2 aromatic carbocycles. The molecule has 32 heavy (non-hydrogen) atoms. The van der Waals surface area contributed by atoms with Gasteiger partial charge in [0.2, 0.25) is 0 Å². The number of nitrogens with zero attached hydrogens (tertiary/aromatic N) is 1. The van der Waals surface area contributed by atoms with Crippen LogP contribution in [0, 0.1) is 5.92 Å². The average molecular weight is 440 g/mol. The molecule has 1 atom stereocenters. The third-order valence-corrected chi connectivity index (χ3v) is 5.21. The predicted octanol–water partition coefficient (Wildman–Crippen LogP) is 3.89. The Morgan fingerprint density at radius 1 is 1.06 bits per heavy atom. The van der Waals surface area contributed by atoms with Gasteiger partial charge in [-0.2, -0.15) is 0 Å². The van der Waals surface area contributed by atoms with Crippen LogP contribution in [0.4, 0.5) is 0 Å². The minimum absolute atomic E-state index is 0.0222. The van der Waals surface area contributed by atoms with Crippen LogP contribution in [-0.4, -0.2) is 53.7 Å². The van der Waals surface area contributed by atoms with Crippen molar-refractivity contribution in [1.29, 1.82) is 0 Å². The van der Waals surface area contributed by atoms with Gasteiger partial charge in [0.1, 0.15) is 17.3 Å². The van der Waals surface area contributed by atoms with E-state index < -0.39 is 17.7 Å². The molecule has 2 aromatic rings. The summed E-state index contributed by atoms with van der Waals surface area (Å²) >= 11 is 0. The average Bonchev–Trinajstić information content (AvgIpc) is 3.03. The lowest BCUT2D eigenvalue weighted by atomic mass is 9.95. The lowest BCUT2D eigenvalue weighted by Crippen LogP contribution is -2.31. The van der Waals surface area contributed by atoms with E-state index in [0.717, 1.165) is 0 Å². The van der Waals surface area contributed by atoms with E-state index in [9.17, 15) is 19.8 Å². The first-order chi connectivity index (χ1) is 15.3. The van der Waals surface area contributed by atoms with E-state index in [1.165, 1.54) is 17.0 Å². The van der Waals surface area contributed by atoms with Crippen LogP contribution in [0.3, 0.4) is 0 Å². The van der Waals surface area contributed by atoms with Gasteiger partial charge in [0, 0.05) is 25.8 Å². The topological polar surface area (TPSA) is 96.3 Å². The highest BCUT2D eigenvalue weighted by Gasteiger charge is 2.45. The van der Waals surface area contributed by atoms with Crippen LogP contribution in [0.25, 0.3) is 5.76 Å². The normalized spacial score (nSPS) is 17.9. The van der Waals surface area contributed by atoms with Crippen LogP contribution in [0.1, 0.15) is 37.4 Å². The third kappa shape index (κ3) is 5.11. The molecule has 1 heterocycles. The minimum Gasteiger partial charge on any atom is -0.508 e. The Balaban J connectivity index is 2.00. The molecule has 0 spiro atoms. The highest BCUT2D eigenvalue weighted by atomic mass is 16.5. The Kier molecular flexibility index (Phi) is 7.53. The number of ether oxygens (including phenoxy) is 2. The van der Waals surface area contributed by atoms with Crippen LogP contribution in [-0.2, 0) is 14.3 Å². The Bertz CT molecular complexity index is 978. The zero-order valence-corrected chi connectivity index (χ0v) is 18.6. The maximum atomic E-state index is 12.9. The van der Waals surface area contributed by atoms with Crippen molar-refractivity contribution < 1.29 is 29.3 Å². The van der Waals surface area contributed by atoms with E-state index in [0.29, 0.717) is 49.0 Å². The molecule has 0 unspecified atom stereocenters. The van der Waals surface area contributed by atoms with Crippen LogP contribution in [0.2, 0.25) is 0 Å². The van der Waals surface area contributed by atoms with Gasteiger partial charge in [-0.15, -0.1) is 0 Å². The second-order valence-corrected chi connectivity index (χ2v) is 8.16. The van der Waals surface area contributed by atoms with Crippen molar-refractivity contribution >= 4 is 17.4 Å². The first-order valence-electron chi connectivity index (χ1n) is 10.6. The van der Waals surface area contributed by atoms with E-state index in [-0.39, 0.29) is 17.1 Å². The van der Waals surface area contributed by atoms with E-state index in [1.807, 2.05) is 0 Å². The Morgan fingerprint density at radius 2 is 1.72 bits per heavy atom. The van der Waals surface area contributed by atoms with Crippen molar-refractivity contribution in [3.63, 3.8) is 0 Å². The number of aliphatic hydroxyl groups is 1. The minimum atomic E-state index is -0.760. The van der Waals surface area contributed by atoms with Gasteiger partial charge in [-0.3, -0.25) is 9.59 Å². The van der Waals surface area contributed by atoms with Crippen molar-refractivity contribution in [2.45, 2.75) is 26.3 Å². The first kappa shape index (κ1) is 23.3. The van der Waals surface area contributed by atoms with Gasteiger partial charge in [0.25, 0.3) is 11.7 Å². The summed E-state index contributed by atoms with van der Waals surface area (Å²) in [5, 5.41) is 20.7. The molecule has 1 amide bonds. The molecule has 0 saturated carbocycles. The largest absolute Gasteiger partial charge is 0.508 e. The van der Waals surface area contributed by atoms with E-state index in [4.69, 9.17) is 9.47 Å². The summed E-state index contributed by atoms with van der Waals surface area (Å²) in [4.78, 5) is 27.2. The Labute approximate surface area is 187 Å².